The zero-order chi connectivity index (χ0) is 21.7. The van der Waals surface area contributed by atoms with E-state index in [1.165, 1.54) is 36.0 Å². The van der Waals surface area contributed by atoms with Gasteiger partial charge in [-0.05, 0) is 43.2 Å². The van der Waals surface area contributed by atoms with Crippen LogP contribution in [0.5, 0.6) is 0 Å². The van der Waals surface area contributed by atoms with E-state index in [-0.39, 0.29) is 28.0 Å². The summed E-state index contributed by atoms with van der Waals surface area (Å²) in [6.45, 7) is 3.88. The first-order valence-corrected chi connectivity index (χ1v) is 10.5. The van der Waals surface area contributed by atoms with Crippen LogP contribution in [0.1, 0.15) is 21.5 Å². The van der Waals surface area contributed by atoms with Gasteiger partial charge in [0.25, 0.3) is 11.6 Å². The second kappa shape index (κ2) is 9.46. The predicted octanol–water partition coefficient (Wildman–Crippen LogP) is 4.05. The molecule has 0 aliphatic carbocycles. The summed E-state index contributed by atoms with van der Waals surface area (Å²) in [6, 6.07) is 11.1. The Labute approximate surface area is 180 Å². The number of carbonyl (C=O) groups excluding carboxylic acids is 2. The molecule has 0 bridgehead atoms. The average molecular weight is 444 g/mol. The van der Waals surface area contributed by atoms with Gasteiger partial charge < -0.3 is 5.32 Å². The summed E-state index contributed by atoms with van der Waals surface area (Å²) >= 11 is 2.35. The van der Waals surface area contributed by atoms with E-state index in [1.54, 1.807) is 0 Å². The topological polar surface area (TPSA) is 127 Å². The summed E-state index contributed by atoms with van der Waals surface area (Å²) in [5, 5.41) is 24.3. The van der Waals surface area contributed by atoms with Gasteiger partial charge in [0, 0.05) is 23.4 Å². The zero-order valence-electron chi connectivity index (χ0n) is 16.0. The number of thioether (sulfide) groups is 1. The lowest BCUT2D eigenvalue weighted by atomic mass is 10.1. The van der Waals surface area contributed by atoms with Gasteiger partial charge in [0.05, 0.1) is 10.7 Å². The van der Waals surface area contributed by atoms with E-state index in [0.717, 1.165) is 28.2 Å². The quantitative estimate of drug-likeness (QED) is 0.244. The number of non-ortho nitro benzene ring substituents is 1. The van der Waals surface area contributed by atoms with E-state index in [2.05, 4.69) is 20.8 Å². The molecule has 0 saturated carbocycles. The number of nitro benzene ring substituents is 1. The van der Waals surface area contributed by atoms with Crippen LogP contribution in [-0.2, 0) is 4.79 Å². The number of amides is 2. The van der Waals surface area contributed by atoms with Crippen molar-refractivity contribution in [2.75, 3.05) is 16.4 Å². The molecule has 0 fully saturated rings. The first-order valence-electron chi connectivity index (χ1n) is 8.71. The van der Waals surface area contributed by atoms with E-state index in [1.807, 2.05) is 32.0 Å². The van der Waals surface area contributed by atoms with Crippen LogP contribution < -0.4 is 10.6 Å². The standard InChI is InChI=1S/C19H17N5O4S2/c1-11-3-4-12(2)15(9-11)20-16(25)10-29-19-23-22-18(30-19)21-17(26)13-5-7-14(8-6-13)24(27)28/h3-9H,10H2,1-2H3,(H,20,25)(H,21,22,26). The number of aromatic nitrogens is 2. The zero-order valence-corrected chi connectivity index (χ0v) is 17.7. The largest absolute Gasteiger partial charge is 0.325 e. The number of nitrogens with one attached hydrogen (secondary N) is 2. The first-order chi connectivity index (χ1) is 14.3. The van der Waals surface area contributed by atoms with Crippen molar-refractivity contribution in [1.82, 2.24) is 10.2 Å². The van der Waals surface area contributed by atoms with Crippen LogP contribution >= 0.6 is 23.1 Å². The Balaban J connectivity index is 1.53. The summed E-state index contributed by atoms with van der Waals surface area (Å²) in [5.41, 5.74) is 2.97. The van der Waals surface area contributed by atoms with Gasteiger partial charge in [0.1, 0.15) is 0 Å². The van der Waals surface area contributed by atoms with Gasteiger partial charge in [-0.25, -0.2) is 0 Å². The second-order valence-electron chi connectivity index (χ2n) is 6.29. The third-order valence-corrected chi connectivity index (χ3v) is 5.93. The van der Waals surface area contributed by atoms with Crippen molar-refractivity contribution in [3.63, 3.8) is 0 Å². The molecule has 11 heteroatoms. The lowest BCUT2D eigenvalue weighted by Gasteiger charge is -2.08. The third-order valence-electron chi connectivity index (χ3n) is 3.96. The minimum Gasteiger partial charge on any atom is -0.325 e. The number of hydrogen-bond donors (Lipinski definition) is 2. The lowest BCUT2D eigenvalue weighted by Crippen LogP contribution is -2.14. The molecule has 30 heavy (non-hydrogen) atoms. The highest BCUT2D eigenvalue weighted by Gasteiger charge is 2.14. The van der Waals surface area contributed by atoms with Crippen molar-refractivity contribution in [3.05, 3.63) is 69.3 Å². The monoisotopic (exact) mass is 443 g/mol. The highest BCUT2D eigenvalue weighted by atomic mass is 32.2. The molecule has 2 N–H and O–H groups in total. The minimum atomic E-state index is -0.535. The van der Waals surface area contributed by atoms with Crippen molar-refractivity contribution in [2.45, 2.75) is 18.2 Å². The minimum absolute atomic E-state index is 0.0970. The highest BCUT2D eigenvalue weighted by molar-refractivity contribution is 8.01. The third kappa shape index (κ3) is 5.61. The van der Waals surface area contributed by atoms with Crippen molar-refractivity contribution >= 4 is 51.4 Å². The van der Waals surface area contributed by atoms with Crippen LogP contribution in [-0.4, -0.2) is 32.7 Å². The molecule has 2 aromatic carbocycles. The Hall–Kier alpha value is -3.31. The molecule has 0 aliphatic heterocycles. The fourth-order valence-corrected chi connectivity index (χ4v) is 3.95. The van der Waals surface area contributed by atoms with Gasteiger partial charge in [-0.3, -0.25) is 25.0 Å². The van der Waals surface area contributed by atoms with Gasteiger partial charge in [0.2, 0.25) is 11.0 Å². The molecule has 0 saturated heterocycles. The Bertz CT molecular complexity index is 1100. The molecular weight excluding hydrogens is 426 g/mol. The number of nitrogens with zero attached hydrogens (tertiary/aromatic N) is 3. The number of rotatable bonds is 7. The van der Waals surface area contributed by atoms with Crippen LogP contribution in [0.25, 0.3) is 0 Å². The van der Waals surface area contributed by atoms with Crippen molar-refractivity contribution in [2.24, 2.45) is 0 Å². The van der Waals surface area contributed by atoms with Crippen molar-refractivity contribution in [3.8, 4) is 0 Å². The maximum atomic E-state index is 12.2. The molecule has 0 radical (unpaired) electrons. The van der Waals surface area contributed by atoms with Crippen LogP contribution in [0.4, 0.5) is 16.5 Å². The molecule has 9 nitrogen and oxygen atoms in total. The van der Waals surface area contributed by atoms with Crippen LogP contribution in [0.2, 0.25) is 0 Å². The fraction of sp³-hybridized carbons (Fsp3) is 0.158. The molecule has 0 unspecified atom stereocenters. The number of aryl methyl sites for hydroxylation is 2. The number of benzene rings is 2. The lowest BCUT2D eigenvalue weighted by molar-refractivity contribution is -0.384. The molecule has 3 rings (SSSR count). The molecule has 1 heterocycles. The van der Waals surface area contributed by atoms with Gasteiger partial charge >= 0.3 is 0 Å². The summed E-state index contributed by atoms with van der Waals surface area (Å²) in [6.07, 6.45) is 0. The molecule has 0 atom stereocenters. The second-order valence-corrected chi connectivity index (χ2v) is 8.49. The average Bonchev–Trinajstić information content (AvgIpc) is 3.16. The maximum Gasteiger partial charge on any atom is 0.269 e. The van der Waals surface area contributed by atoms with Crippen molar-refractivity contribution in [1.29, 1.82) is 0 Å². The Morgan fingerprint density at radius 1 is 1.10 bits per heavy atom. The maximum absolute atomic E-state index is 12.2. The number of carbonyl (C=O) groups is 2. The summed E-state index contributed by atoms with van der Waals surface area (Å²) in [4.78, 5) is 34.6. The number of anilines is 2. The van der Waals surface area contributed by atoms with E-state index < -0.39 is 10.8 Å². The van der Waals surface area contributed by atoms with Gasteiger partial charge in [-0.15, -0.1) is 10.2 Å². The van der Waals surface area contributed by atoms with E-state index in [4.69, 9.17) is 0 Å². The Kier molecular flexibility index (Phi) is 6.75. The van der Waals surface area contributed by atoms with E-state index in [9.17, 15) is 19.7 Å². The van der Waals surface area contributed by atoms with E-state index in [0.29, 0.717) is 4.34 Å². The predicted molar refractivity (Wildman–Crippen MR) is 116 cm³/mol. The molecule has 2 amide bonds. The summed E-state index contributed by atoms with van der Waals surface area (Å²) < 4.78 is 0.533. The Morgan fingerprint density at radius 3 is 2.53 bits per heavy atom. The summed E-state index contributed by atoms with van der Waals surface area (Å²) in [5.74, 6) is -0.469. The molecular formula is C19H17N5O4S2. The fourth-order valence-electron chi connectivity index (χ4n) is 2.41. The van der Waals surface area contributed by atoms with E-state index >= 15 is 0 Å². The van der Waals surface area contributed by atoms with Crippen LogP contribution in [0.15, 0.2) is 46.8 Å². The SMILES string of the molecule is Cc1ccc(C)c(NC(=O)CSc2nnc(NC(=O)c3ccc([N+](=O)[O-])cc3)s2)c1. The molecule has 3 aromatic rings. The number of nitro groups is 1. The van der Waals surface area contributed by atoms with Crippen LogP contribution in [0.3, 0.4) is 0 Å². The molecule has 0 aliphatic rings. The van der Waals surface area contributed by atoms with Crippen LogP contribution in [0, 0.1) is 24.0 Å². The summed E-state index contributed by atoms with van der Waals surface area (Å²) in [7, 11) is 0. The normalized spacial score (nSPS) is 10.5. The molecule has 1 aromatic heterocycles. The number of hydrogen-bond acceptors (Lipinski definition) is 8. The van der Waals surface area contributed by atoms with Gasteiger partial charge in [-0.2, -0.15) is 0 Å². The Morgan fingerprint density at radius 2 is 1.83 bits per heavy atom. The highest BCUT2D eigenvalue weighted by Crippen LogP contribution is 2.26. The molecule has 0 spiro atoms. The van der Waals surface area contributed by atoms with Gasteiger partial charge in [0.15, 0.2) is 4.34 Å². The van der Waals surface area contributed by atoms with Gasteiger partial charge in [-0.1, -0.05) is 35.2 Å². The smallest absolute Gasteiger partial charge is 0.269 e. The molecule has 154 valence electrons. The van der Waals surface area contributed by atoms with Crippen molar-refractivity contribution < 1.29 is 14.5 Å². The first kappa shape index (κ1) is 21.4.